The zero-order valence-corrected chi connectivity index (χ0v) is 22.7. The van der Waals surface area contributed by atoms with Gasteiger partial charge in [0, 0.05) is 11.6 Å². The van der Waals surface area contributed by atoms with Gasteiger partial charge in [0.1, 0.15) is 6.04 Å². The molecule has 204 valence electrons. The summed E-state index contributed by atoms with van der Waals surface area (Å²) in [7, 11) is 0. The Morgan fingerprint density at radius 2 is 1.95 bits per heavy atom. The van der Waals surface area contributed by atoms with Crippen LogP contribution in [0.3, 0.4) is 0 Å². The van der Waals surface area contributed by atoms with Crippen molar-refractivity contribution >= 4 is 34.7 Å². The predicted molar refractivity (Wildman–Crippen MR) is 141 cm³/mol. The summed E-state index contributed by atoms with van der Waals surface area (Å²) in [6.07, 6.45) is 4.05. The van der Waals surface area contributed by atoms with E-state index in [1.807, 2.05) is 58.0 Å². The van der Waals surface area contributed by atoms with Crippen molar-refractivity contribution in [3.05, 3.63) is 53.8 Å². The second-order valence-corrected chi connectivity index (χ2v) is 11.2. The number of thiazole rings is 1. The maximum absolute atomic E-state index is 13.9. The number of carbonyl (C=O) groups is 3. The molecule has 3 N–H and O–H groups in total. The van der Waals surface area contributed by atoms with Gasteiger partial charge in [-0.25, -0.2) is 10.0 Å². The third-order valence-electron chi connectivity index (χ3n) is 6.15. The summed E-state index contributed by atoms with van der Waals surface area (Å²) in [5, 5.41) is 30.3. The Morgan fingerprint density at radius 1 is 1.21 bits per heavy atom. The van der Waals surface area contributed by atoms with E-state index in [0.29, 0.717) is 23.0 Å². The zero-order valence-electron chi connectivity index (χ0n) is 21.9. The van der Waals surface area contributed by atoms with Crippen LogP contribution in [0, 0.1) is 17.3 Å². The van der Waals surface area contributed by atoms with Gasteiger partial charge in [0.2, 0.25) is 18.2 Å². The van der Waals surface area contributed by atoms with Crippen molar-refractivity contribution < 1.29 is 19.6 Å². The molecule has 0 spiro atoms. The largest absolute Gasteiger partial charge is 0.343 e. The second-order valence-electron chi connectivity index (χ2n) is 10.3. The van der Waals surface area contributed by atoms with Gasteiger partial charge in [-0.15, -0.1) is 21.5 Å². The quantitative estimate of drug-likeness (QED) is 0.169. The van der Waals surface area contributed by atoms with E-state index < -0.39 is 35.2 Å². The average Bonchev–Trinajstić information content (AvgIpc) is 3.58. The summed E-state index contributed by atoms with van der Waals surface area (Å²) in [6, 6.07) is 7.91. The number of anilines is 1. The minimum Gasteiger partial charge on any atom is -0.343 e. The van der Waals surface area contributed by atoms with Gasteiger partial charge in [-0.3, -0.25) is 19.6 Å². The molecule has 3 amide bonds. The van der Waals surface area contributed by atoms with Crippen LogP contribution in [0.4, 0.5) is 5.13 Å². The number of hydrogen-bond donors (Lipinski definition) is 3. The molecule has 1 aromatic carbocycles. The number of aromatic nitrogens is 5. The highest BCUT2D eigenvalue weighted by molar-refractivity contribution is 7.13. The first-order chi connectivity index (χ1) is 18.1. The molecule has 12 nitrogen and oxygen atoms in total. The van der Waals surface area contributed by atoms with Crippen molar-refractivity contribution in [3.63, 3.8) is 0 Å². The number of rotatable bonds is 13. The third kappa shape index (κ3) is 8.15. The Kier molecular flexibility index (Phi) is 10.0. The number of tetrazole rings is 1. The smallest absolute Gasteiger partial charge is 0.249 e. The maximum atomic E-state index is 13.9. The summed E-state index contributed by atoms with van der Waals surface area (Å²) in [5.41, 5.74) is 0.448. The fourth-order valence-corrected chi connectivity index (χ4v) is 4.80. The molecule has 13 heteroatoms. The van der Waals surface area contributed by atoms with Crippen LogP contribution in [0.1, 0.15) is 39.7 Å². The number of nitrogens with one attached hydrogen (secondary N) is 2. The first-order valence-electron chi connectivity index (χ1n) is 12.3. The van der Waals surface area contributed by atoms with Gasteiger partial charge >= 0.3 is 0 Å². The monoisotopic (exact) mass is 542 g/mol. The SMILES string of the molecule is CC(Cc1ccccc1)C[C@@H](C(=O)N[C@H](C(=O)Nc1nccs1)C(C)(C)C)[C@H](Cn1ncnn1)N(O)C=O. The third-order valence-corrected chi connectivity index (χ3v) is 6.84. The highest BCUT2D eigenvalue weighted by atomic mass is 32.1. The van der Waals surface area contributed by atoms with Crippen molar-refractivity contribution in [1.82, 2.24) is 35.6 Å². The average molecular weight is 543 g/mol. The number of carbonyl (C=O) groups excluding carboxylic acids is 3. The molecule has 3 rings (SSSR count). The van der Waals surface area contributed by atoms with E-state index in [1.54, 1.807) is 11.6 Å². The number of benzene rings is 1. The lowest BCUT2D eigenvalue weighted by molar-refractivity contribution is -0.171. The fraction of sp³-hybridized carbons (Fsp3) is 0.480. The Hall–Kier alpha value is -3.71. The molecule has 0 fully saturated rings. The fourth-order valence-electron chi connectivity index (χ4n) is 4.27. The van der Waals surface area contributed by atoms with Crippen molar-refractivity contribution in [1.29, 1.82) is 0 Å². The first kappa shape index (κ1) is 28.9. The summed E-state index contributed by atoms with van der Waals surface area (Å²) < 4.78 is 0. The summed E-state index contributed by atoms with van der Waals surface area (Å²) in [6.45, 7) is 7.45. The molecule has 0 bridgehead atoms. The molecule has 0 aliphatic carbocycles. The van der Waals surface area contributed by atoms with E-state index >= 15 is 0 Å². The molecule has 2 heterocycles. The Labute approximate surface area is 225 Å². The van der Waals surface area contributed by atoms with Gasteiger partial charge in [0.05, 0.1) is 18.5 Å². The van der Waals surface area contributed by atoms with Gasteiger partial charge in [-0.1, -0.05) is 58.0 Å². The van der Waals surface area contributed by atoms with E-state index in [4.69, 9.17) is 0 Å². The molecule has 2 aromatic heterocycles. The zero-order chi connectivity index (χ0) is 27.7. The van der Waals surface area contributed by atoms with Gasteiger partial charge in [-0.05, 0) is 35.0 Å². The Balaban J connectivity index is 1.88. The van der Waals surface area contributed by atoms with Crippen LogP contribution < -0.4 is 10.6 Å². The minimum absolute atomic E-state index is 0.00311. The van der Waals surface area contributed by atoms with Crippen molar-refractivity contribution in [2.75, 3.05) is 5.32 Å². The molecule has 4 atom stereocenters. The van der Waals surface area contributed by atoms with Crippen LogP contribution in [0.5, 0.6) is 0 Å². The molecule has 3 aromatic rings. The van der Waals surface area contributed by atoms with Gasteiger partial charge in [-0.2, -0.15) is 4.80 Å². The second kappa shape index (κ2) is 13.2. The highest BCUT2D eigenvalue weighted by Crippen LogP contribution is 2.26. The van der Waals surface area contributed by atoms with E-state index in [2.05, 4.69) is 31.0 Å². The van der Waals surface area contributed by atoms with Crippen molar-refractivity contribution in [2.24, 2.45) is 17.3 Å². The summed E-state index contributed by atoms with van der Waals surface area (Å²) >= 11 is 1.27. The van der Waals surface area contributed by atoms with Crippen molar-refractivity contribution in [3.8, 4) is 0 Å². The lowest BCUT2D eigenvalue weighted by atomic mass is 9.83. The summed E-state index contributed by atoms with van der Waals surface area (Å²) in [5.74, 6) is -1.79. The van der Waals surface area contributed by atoms with Crippen LogP contribution in [-0.2, 0) is 27.3 Å². The molecular weight excluding hydrogens is 508 g/mol. The van der Waals surface area contributed by atoms with E-state index in [1.165, 1.54) is 22.5 Å². The topological polar surface area (TPSA) is 155 Å². The Bertz CT molecular complexity index is 1150. The van der Waals surface area contributed by atoms with Crippen LogP contribution in [-0.4, -0.2) is 65.8 Å². The normalized spacial score (nSPS) is 14.7. The van der Waals surface area contributed by atoms with E-state index in [-0.39, 0.29) is 18.9 Å². The predicted octanol–water partition coefficient (Wildman–Crippen LogP) is 2.40. The van der Waals surface area contributed by atoms with Gasteiger partial charge < -0.3 is 10.6 Å². The van der Waals surface area contributed by atoms with E-state index in [0.717, 1.165) is 5.56 Å². The van der Waals surface area contributed by atoms with Crippen LogP contribution in [0.25, 0.3) is 0 Å². The highest BCUT2D eigenvalue weighted by Gasteiger charge is 2.39. The molecular formula is C25H34N8O4S. The van der Waals surface area contributed by atoms with Crippen LogP contribution in [0.2, 0.25) is 0 Å². The summed E-state index contributed by atoms with van der Waals surface area (Å²) in [4.78, 5) is 44.0. The molecule has 0 aliphatic rings. The van der Waals surface area contributed by atoms with E-state index in [9.17, 15) is 19.6 Å². The van der Waals surface area contributed by atoms with Gasteiger partial charge in [0.25, 0.3) is 0 Å². The number of amides is 3. The number of hydrogen-bond acceptors (Lipinski definition) is 9. The molecule has 0 aliphatic heterocycles. The molecule has 0 saturated heterocycles. The molecule has 1 unspecified atom stereocenters. The standard InChI is InChI=1S/C25H34N8O4S/c1-17(12-18-8-6-5-7-9-18)13-19(20(32(37)16-34)14-33-28-15-27-31-33)22(35)29-21(25(2,3)4)23(36)30-24-26-10-11-38-24/h5-11,15-17,19-21,37H,12-14H2,1-4H3,(H,29,35)(H,26,30,36)/t17?,19-,20+,21-/m1/s1. The lowest BCUT2D eigenvalue weighted by Crippen LogP contribution is -2.56. The van der Waals surface area contributed by atoms with Gasteiger partial charge in [0.15, 0.2) is 11.5 Å². The van der Waals surface area contributed by atoms with Crippen molar-refractivity contribution in [2.45, 2.75) is 59.2 Å². The Morgan fingerprint density at radius 3 is 2.53 bits per heavy atom. The molecule has 0 saturated carbocycles. The molecule has 38 heavy (non-hydrogen) atoms. The minimum atomic E-state index is -1.01. The lowest BCUT2D eigenvalue weighted by Gasteiger charge is -2.35. The van der Waals surface area contributed by atoms with Crippen LogP contribution in [0.15, 0.2) is 48.2 Å². The number of nitrogens with zero attached hydrogens (tertiary/aromatic N) is 6. The number of hydroxylamine groups is 2. The molecule has 0 radical (unpaired) electrons. The first-order valence-corrected chi connectivity index (χ1v) is 13.1. The van der Waals surface area contributed by atoms with Crippen LogP contribution >= 0.6 is 11.3 Å². The maximum Gasteiger partial charge on any atom is 0.249 e.